The van der Waals surface area contributed by atoms with E-state index in [0.717, 1.165) is 50.7 Å². The Hall–Kier alpha value is -5.14. The SMILES string of the molecule is Cc1nc(S(=O)(=O)c2ccccc2)ccc1N1c2ccc(-c3ccccn3)cc2C(C)(C)c2cc(-c3ccccn3)ccc21. The molecule has 6 nitrogen and oxygen atoms in total. The summed E-state index contributed by atoms with van der Waals surface area (Å²) in [6, 6.07) is 36.6. The van der Waals surface area contributed by atoms with Crippen LogP contribution in [0.2, 0.25) is 0 Å². The second kappa shape index (κ2) is 10.5. The highest BCUT2D eigenvalue weighted by Gasteiger charge is 2.38. The Labute approximate surface area is 257 Å². The zero-order valence-electron chi connectivity index (χ0n) is 24.6. The van der Waals surface area contributed by atoms with Crippen LogP contribution < -0.4 is 4.90 Å². The van der Waals surface area contributed by atoms with E-state index in [1.807, 2.05) is 49.4 Å². The minimum absolute atomic E-state index is 0.0266. The summed E-state index contributed by atoms with van der Waals surface area (Å²) in [5.74, 6) is 0. The van der Waals surface area contributed by atoms with E-state index in [9.17, 15) is 8.42 Å². The van der Waals surface area contributed by atoms with Crippen LogP contribution >= 0.6 is 0 Å². The summed E-state index contributed by atoms with van der Waals surface area (Å²) in [4.78, 5) is 16.3. The number of sulfone groups is 1. The molecule has 4 heterocycles. The number of hydrogen-bond acceptors (Lipinski definition) is 6. The van der Waals surface area contributed by atoms with Crippen LogP contribution in [-0.2, 0) is 15.3 Å². The average Bonchev–Trinajstić information content (AvgIpc) is 3.06. The van der Waals surface area contributed by atoms with Crippen LogP contribution in [0.5, 0.6) is 0 Å². The third kappa shape index (κ3) is 4.57. The molecule has 0 unspecified atom stereocenters. The van der Waals surface area contributed by atoms with Crippen molar-refractivity contribution in [2.24, 2.45) is 0 Å². The largest absolute Gasteiger partial charge is 0.308 e. The van der Waals surface area contributed by atoms with Crippen molar-refractivity contribution >= 4 is 26.9 Å². The van der Waals surface area contributed by atoms with Gasteiger partial charge < -0.3 is 4.90 Å². The van der Waals surface area contributed by atoms with E-state index in [-0.39, 0.29) is 15.3 Å². The molecule has 0 spiro atoms. The second-order valence-electron chi connectivity index (χ2n) is 11.4. The predicted molar refractivity (Wildman–Crippen MR) is 174 cm³/mol. The number of anilines is 3. The number of aromatic nitrogens is 3. The molecule has 0 bridgehead atoms. The fraction of sp³-hybridized carbons (Fsp3) is 0.108. The first kappa shape index (κ1) is 27.7. The van der Waals surface area contributed by atoms with Crippen molar-refractivity contribution in [2.75, 3.05) is 4.90 Å². The number of hydrogen-bond donors (Lipinski definition) is 0. The highest BCUT2D eigenvalue weighted by Crippen LogP contribution is 2.53. The molecule has 0 saturated heterocycles. The average molecular weight is 595 g/mol. The van der Waals surface area contributed by atoms with Crippen molar-refractivity contribution in [3.63, 3.8) is 0 Å². The number of benzene rings is 3. The maximum atomic E-state index is 13.4. The van der Waals surface area contributed by atoms with Crippen LogP contribution in [0.4, 0.5) is 17.1 Å². The monoisotopic (exact) mass is 594 g/mol. The van der Waals surface area contributed by atoms with Crippen LogP contribution in [0, 0.1) is 6.92 Å². The van der Waals surface area contributed by atoms with Crippen LogP contribution in [0.1, 0.15) is 30.7 Å². The van der Waals surface area contributed by atoms with E-state index in [1.54, 1.807) is 48.8 Å². The van der Waals surface area contributed by atoms with Gasteiger partial charge in [0.1, 0.15) is 0 Å². The van der Waals surface area contributed by atoms with E-state index < -0.39 is 9.84 Å². The summed E-state index contributed by atoms with van der Waals surface area (Å²) < 4.78 is 26.8. The Morgan fingerprint density at radius 2 is 1.14 bits per heavy atom. The van der Waals surface area contributed by atoms with E-state index in [0.29, 0.717) is 5.69 Å². The minimum atomic E-state index is -3.76. The van der Waals surface area contributed by atoms with Gasteiger partial charge in [-0.05, 0) is 90.8 Å². The molecule has 44 heavy (non-hydrogen) atoms. The zero-order valence-corrected chi connectivity index (χ0v) is 25.5. The lowest BCUT2D eigenvalue weighted by Crippen LogP contribution is -2.31. The Morgan fingerprint density at radius 3 is 1.64 bits per heavy atom. The van der Waals surface area contributed by atoms with Crippen LogP contribution in [-0.4, -0.2) is 23.4 Å². The van der Waals surface area contributed by atoms with E-state index >= 15 is 0 Å². The Balaban J connectivity index is 1.43. The van der Waals surface area contributed by atoms with Gasteiger partial charge in [0.2, 0.25) is 9.84 Å². The molecule has 7 rings (SSSR count). The van der Waals surface area contributed by atoms with Crippen LogP contribution in [0.3, 0.4) is 0 Å². The summed E-state index contributed by atoms with van der Waals surface area (Å²) in [5, 5.41) is 0.0266. The first-order valence-electron chi connectivity index (χ1n) is 14.4. The highest BCUT2D eigenvalue weighted by atomic mass is 32.2. The summed E-state index contributed by atoms with van der Waals surface area (Å²) in [7, 11) is -3.76. The highest BCUT2D eigenvalue weighted by molar-refractivity contribution is 7.91. The molecule has 7 heteroatoms. The lowest BCUT2D eigenvalue weighted by atomic mass is 9.72. The van der Waals surface area contributed by atoms with Gasteiger partial charge in [0.05, 0.1) is 39.0 Å². The number of rotatable bonds is 5. The molecule has 0 atom stereocenters. The fourth-order valence-corrected chi connectivity index (χ4v) is 7.28. The molecule has 3 aromatic heterocycles. The summed E-state index contributed by atoms with van der Waals surface area (Å²) in [6.07, 6.45) is 3.61. The van der Waals surface area contributed by atoms with Crippen molar-refractivity contribution in [3.8, 4) is 22.5 Å². The third-order valence-electron chi connectivity index (χ3n) is 8.35. The lowest BCUT2D eigenvalue weighted by molar-refractivity contribution is 0.592. The third-order valence-corrected chi connectivity index (χ3v) is 10.0. The molecule has 0 fully saturated rings. The van der Waals surface area contributed by atoms with Gasteiger partial charge in [0, 0.05) is 28.9 Å². The molecule has 6 aromatic rings. The predicted octanol–water partition coefficient (Wildman–Crippen LogP) is 8.46. The topological polar surface area (TPSA) is 76.1 Å². The zero-order chi connectivity index (χ0) is 30.5. The maximum absolute atomic E-state index is 13.4. The second-order valence-corrected chi connectivity index (χ2v) is 13.3. The molecule has 1 aliphatic heterocycles. The molecule has 0 radical (unpaired) electrons. The molecule has 0 amide bonds. The van der Waals surface area contributed by atoms with Crippen molar-refractivity contribution in [3.05, 3.63) is 144 Å². The van der Waals surface area contributed by atoms with Gasteiger partial charge in [-0.1, -0.05) is 56.3 Å². The number of fused-ring (bicyclic) bond motifs is 2. The van der Waals surface area contributed by atoms with E-state index in [4.69, 9.17) is 0 Å². The molecule has 216 valence electrons. The van der Waals surface area contributed by atoms with Gasteiger partial charge >= 0.3 is 0 Å². The first-order valence-corrected chi connectivity index (χ1v) is 15.9. The Morgan fingerprint density at radius 1 is 0.614 bits per heavy atom. The standard InChI is InChI=1S/C37H30N4O2S/c1-25-33(19-20-36(40-25)44(42,43)28-11-5-4-6-12-28)41-34-17-15-26(31-13-7-9-21-38-31)23-29(34)37(2,3)30-24-27(16-18-35(30)41)32-14-8-10-22-39-32/h4-24H,1-3H3. The molecule has 0 N–H and O–H groups in total. The molecular weight excluding hydrogens is 565 g/mol. The minimum Gasteiger partial charge on any atom is -0.308 e. The summed E-state index contributed by atoms with van der Waals surface area (Å²) in [6.45, 7) is 6.35. The number of pyridine rings is 3. The van der Waals surface area contributed by atoms with Gasteiger partial charge in [0.25, 0.3) is 0 Å². The summed E-state index contributed by atoms with van der Waals surface area (Å²) >= 11 is 0. The van der Waals surface area contributed by atoms with Crippen molar-refractivity contribution in [1.82, 2.24) is 15.0 Å². The molecule has 1 aliphatic rings. The van der Waals surface area contributed by atoms with Gasteiger partial charge in [-0.3, -0.25) is 9.97 Å². The summed E-state index contributed by atoms with van der Waals surface area (Å²) in [5.41, 5.74) is 9.20. The Bertz CT molecular complexity index is 2020. The van der Waals surface area contributed by atoms with Gasteiger partial charge in [-0.15, -0.1) is 0 Å². The van der Waals surface area contributed by atoms with Crippen molar-refractivity contribution in [1.29, 1.82) is 0 Å². The first-order chi connectivity index (χ1) is 21.2. The maximum Gasteiger partial charge on any atom is 0.223 e. The van der Waals surface area contributed by atoms with Gasteiger partial charge in [0.15, 0.2) is 5.03 Å². The molecule has 0 aliphatic carbocycles. The van der Waals surface area contributed by atoms with Crippen molar-refractivity contribution < 1.29 is 8.42 Å². The Kier molecular flexibility index (Phi) is 6.63. The molecular formula is C37H30N4O2S. The van der Waals surface area contributed by atoms with Gasteiger partial charge in [-0.2, -0.15) is 0 Å². The smallest absolute Gasteiger partial charge is 0.223 e. The van der Waals surface area contributed by atoms with Crippen molar-refractivity contribution in [2.45, 2.75) is 36.1 Å². The normalized spacial score (nSPS) is 13.7. The van der Waals surface area contributed by atoms with Crippen LogP contribution in [0.25, 0.3) is 22.5 Å². The fourth-order valence-electron chi connectivity index (χ4n) is 6.02. The number of nitrogens with zero attached hydrogens (tertiary/aromatic N) is 4. The van der Waals surface area contributed by atoms with E-state index in [1.165, 1.54) is 0 Å². The number of aryl methyl sites for hydroxylation is 1. The molecule has 3 aromatic carbocycles. The van der Waals surface area contributed by atoms with E-state index in [2.05, 4.69) is 70.1 Å². The lowest BCUT2D eigenvalue weighted by Gasteiger charge is -2.42. The van der Waals surface area contributed by atoms with Crippen LogP contribution in [0.15, 0.2) is 138 Å². The molecule has 0 saturated carbocycles. The quantitative estimate of drug-likeness (QED) is 0.199. The van der Waals surface area contributed by atoms with Gasteiger partial charge in [-0.25, -0.2) is 13.4 Å².